The molecule has 8 nitrogen and oxygen atoms in total. The number of nitrogen functional groups attached to an aromatic ring is 1. The molecule has 0 radical (unpaired) electrons. The number of nitrogens with zero attached hydrogens (tertiary/aromatic N) is 3. The van der Waals surface area contributed by atoms with Crippen LogP contribution >= 0.6 is 0 Å². The van der Waals surface area contributed by atoms with Crippen molar-refractivity contribution in [1.29, 1.82) is 0 Å². The van der Waals surface area contributed by atoms with Crippen molar-refractivity contribution in [2.24, 2.45) is 17.8 Å². The van der Waals surface area contributed by atoms with Gasteiger partial charge in [-0.2, -0.15) is 0 Å². The molecular weight excluding hydrogens is 528 g/mol. The van der Waals surface area contributed by atoms with E-state index in [1.165, 1.54) is 0 Å². The number of hydrogen-bond donors (Lipinski definition) is 1. The van der Waals surface area contributed by atoms with Gasteiger partial charge in [-0.25, -0.2) is 4.79 Å². The van der Waals surface area contributed by atoms with Crippen LogP contribution in [0.1, 0.15) is 67.3 Å². The standard InChI is InChI=1S/C34H44N4O4/c35-30-9-5-4-8-29(30)23-36-20-16-34(17-21-36)24-38(33(41)42-34)22-25-10-12-28(13-11-25)32(40)37-18-14-27(15-19-37)31(39)26-6-2-1-3-7-26/h1-9,25,27-28H,10-24,35H2. The Kier molecular flexibility index (Phi) is 8.52. The molecule has 3 heterocycles. The van der Waals surface area contributed by atoms with Gasteiger partial charge >= 0.3 is 6.09 Å². The Morgan fingerprint density at radius 1 is 0.833 bits per heavy atom. The SMILES string of the molecule is Nc1ccccc1CN1CCC2(CC1)CN(CC1CCC(C(=O)N3CCC(C(=O)c4ccccc4)CC3)CC1)C(=O)O2. The van der Waals surface area contributed by atoms with Crippen molar-refractivity contribution in [3.8, 4) is 0 Å². The van der Waals surface area contributed by atoms with E-state index in [2.05, 4.69) is 11.0 Å². The topological polar surface area (TPSA) is 96.2 Å². The summed E-state index contributed by atoms with van der Waals surface area (Å²) in [4.78, 5) is 45.3. The number of ketones is 1. The van der Waals surface area contributed by atoms with Gasteiger partial charge in [0.05, 0.1) is 6.54 Å². The number of anilines is 1. The minimum absolute atomic E-state index is 0.00518. The lowest BCUT2D eigenvalue weighted by molar-refractivity contribution is -0.138. The molecule has 2 N–H and O–H groups in total. The second-order valence-electron chi connectivity index (χ2n) is 13.0. The first-order chi connectivity index (χ1) is 20.4. The number of nitrogens with two attached hydrogens (primary N) is 1. The molecule has 4 aliphatic rings. The number of piperidine rings is 2. The number of rotatable bonds is 7. The van der Waals surface area contributed by atoms with Gasteiger partial charge in [0, 0.05) is 75.2 Å². The van der Waals surface area contributed by atoms with E-state index in [0.717, 1.165) is 94.4 Å². The van der Waals surface area contributed by atoms with Gasteiger partial charge in [-0.15, -0.1) is 0 Å². The number of likely N-dealkylation sites (tertiary alicyclic amines) is 2. The first kappa shape index (κ1) is 28.7. The fraction of sp³-hybridized carbons (Fsp3) is 0.559. The zero-order valence-electron chi connectivity index (χ0n) is 24.6. The maximum Gasteiger partial charge on any atom is 0.410 e. The van der Waals surface area contributed by atoms with E-state index in [0.29, 0.717) is 25.6 Å². The zero-order valence-corrected chi connectivity index (χ0v) is 24.6. The normalized spacial score (nSPS) is 25.0. The second kappa shape index (κ2) is 12.5. The largest absolute Gasteiger partial charge is 0.441 e. The third kappa shape index (κ3) is 6.33. The summed E-state index contributed by atoms with van der Waals surface area (Å²) in [5.41, 5.74) is 8.51. The summed E-state index contributed by atoms with van der Waals surface area (Å²) < 4.78 is 6.01. The van der Waals surface area contributed by atoms with Crippen LogP contribution in [0.25, 0.3) is 0 Å². The number of carbonyl (C=O) groups excluding carboxylic acids is 3. The number of ether oxygens (including phenoxy) is 1. The van der Waals surface area contributed by atoms with Crippen molar-refractivity contribution in [3.63, 3.8) is 0 Å². The third-order valence-corrected chi connectivity index (χ3v) is 10.2. The van der Waals surface area contributed by atoms with Gasteiger partial charge in [0.15, 0.2) is 5.78 Å². The van der Waals surface area contributed by atoms with Crippen LogP contribution in [0, 0.1) is 17.8 Å². The number of hydrogen-bond acceptors (Lipinski definition) is 6. The molecule has 3 aliphatic heterocycles. The van der Waals surface area contributed by atoms with Crippen LogP contribution in [0.5, 0.6) is 0 Å². The molecule has 0 atom stereocenters. The lowest BCUT2D eigenvalue weighted by Crippen LogP contribution is -2.47. The van der Waals surface area contributed by atoms with Crippen molar-refractivity contribution in [2.75, 3.05) is 45.0 Å². The fourth-order valence-corrected chi connectivity index (χ4v) is 7.49. The van der Waals surface area contributed by atoms with Crippen molar-refractivity contribution in [2.45, 2.75) is 63.5 Å². The van der Waals surface area contributed by atoms with Gasteiger partial charge in [0.1, 0.15) is 5.60 Å². The molecular formula is C34H44N4O4. The lowest BCUT2D eigenvalue weighted by Gasteiger charge is -2.38. The minimum Gasteiger partial charge on any atom is -0.441 e. The quantitative estimate of drug-likeness (QED) is 0.371. The zero-order chi connectivity index (χ0) is 29.1. The molecule has 1 spiro atoms. The van der Waals surface area contributed by atoms with Gasteiger partial charge < -0.3 is 20.3 Å². The summed E-state index contributed by atoms with van der Waals surface area (Å²) in [7, 11) is 0. The Morgan fingerprint density at radius 3 is 2.19 bits per heavy atom. The van der Waals surface area contributed by atoms with E-state index in [1.54, 1.807) is 0 Å². The van der Waals surface area contributed by atoms with Gasteiger partial charge in [-0.1, -0.05) is 48.5 Å². The average molecular weight is 573 g/mol. The van der Waals surface area contributed by atoms with Gasteiger partial charge in [0.25, 0.3) is 0 Å². The van der Waals surface area contributed by atoms with Crippen LogP contribution in [-0.2, 0) is 16.1 Å². The molecule has 42 heavy (non-hydrogen) atoms. The summed E-state index contributed by atoms with van der Waals surface area (Å²) in [6, 6.07) is 17.5. The van der Waals surface area contributed by atoms with Crippen molar-refractivity contribution < 1.29 is 19.1 Å². The van der Waals surface area contributed by atoms with Crippen LogP contribution in [0.2, 0.25) is 0 Å². The summed E-state index contributed by atoms with van der Waals surface area (Å²) >= 11 is 0. The highest BCUT2D eigenvalue weighted by molar-refractivity contribution is 5.98. The Bertz CT molecular complexity index is 1260. The van der Waals surface area contributed by atoms with Gasteiger partial charge in [-0.3, -0.25) is 14.5 Å². The fourth-order valence-electron chi connectivity index (χ4n) is 7.49. The smallest absolute Gasteiger partial charge is 0.410 e. The van der Waals surface area contributed by atoms with Crippen molar-refractivity contribution in [3.05, 3.63) is 65.7 Å². The predicted molar refractivity (Wildman–Crippen MR) is 162 cm³/mol. The molecule has 2 amide bonds. The van der Waals surface area contributed by atoms with E-state index >= 15 is 0 Å². The third-order valence-electron chi connectivity index (χ3n) is 10.2. The highest BCUT2D eigenvalue weighted by Gasteiger charge is 2.47. The monoisotopic (exact) mass is 572 g/mol. The molecule has 1 aliphatic carbocycles. The Labute approximate surface area is 249 Å². The predicted octanol–water partition coefficient (Wildman–Crippen LogP) is 4.98. The van der Waals surface area contributed by atoms with Crippen LogP contribution in [0.3, 0.4) is 0 Å². The average Bonchev–Trinajstić information content (AvgIpc) is 3.33. The van der Waals surface area contributed by atoms with Crippen molar-refractivity contribution in [1.82, 2.24) is 14.7 Å². The van der Waals surface area contributed by atoms with Crippen LogP contribution in [0.15, 0.2) is 54.6 Å². The molecule has 0 bridgehead atoms. The number of para-hydroxylation sites is 1. The molecule has 2 aromatic rings. The molecule has 2 aromatic carbocycles. The number of amides is 2. The maximum absolute atomic E-state index is 13.3. The number of benzene rings is 2. The Morgan fingerprint density at radius 2 is 1.50 bits per heavy atom. The first-order valence-corrected chi connectivity index (χ1v) is 15.8. The van der Waals surface area contributed by atoms with E-state index in [4.69, 9.17) is 10.5 Å². The maximum atomic E-state index is 13.3. The molecule has 4 fully saturated rings. The summed E-state index contributed by atoms with van der Waals surface area (Å²) in [6.07, 6.45) is 6.66. The molecule has 3 saturated heterocycles. The number of carbonyl (C=O) groups is 3. The van der Waals surface area contributed by atoms with Crippen LogP contribution < -0.4 is 5.73 Å². The van der Waals surface area contributed by atoms with Gasteiger partial charge in [0.2, 0.25) is 5.91 Å². The molecule has 224 valence electrons. The summed E-state index contributed by atoms with van der Waals surface area (Å²) in [5, 5.41) is 0. The summed E-state index contributed by atoms with van der Waals surface area (Å²) in [5.74, 6) is 0.927. The Hall–Kier alpha value is -3.39. The molecule has 0 aromatic heterocycles. The minimum atomic E-state index is -0.378. The molecule has 8 heteroatoms. The highest BCUT2D eigenvalue weighted by Crippen LogP contribution is 2.37. The molecule has 0 unspecified atom stereocenters. The van der Waals surface area contributed by atoms with Crippen molar-refractivity contribution >= 4 is 23.5 Å². The van der Waals surface area contributed by atoms with Crippen LogP contribution in [0.4, 0.5) is 10.5 Å². The first-order valence-electron chi connectivity index (χ1n) is 15.8. The van der Waals surface area contributed by atoms with E-state index < -0.39 is 0 Å². The van der Waals surface area contributed by atoms with E-state index in [1.807, 2.05) is 58.3 Å². The van der Waals surface area contributed by atoms with Gasteiger partial charge in [-0.05, 0) is 56.1 Å². The Balaban J connectivity index is 0.925. The van der Waals surface area contributed by atoms with E-state index in [-0.39, 0.29) is 35.2 Å². The second-order valence-corrected chi connectivity index (χ2v) is 13.0. The highest BCUT2D eigenvalue weighted by atomic mass is 16.6. The molecule has 1 saturated carbocycles. The summed E-state index contributed by atoms with van der Waals surface area (Å²) in [6.45, 7) is 5.33. The number of Topliss-reactive ketones (excluding diaryl/α,β-unsaturated/α-hetero) is 1. The molecule has 6 rings (SSSR count). The van der Waals surface area contributed by atoms with Crippen LogP contribution in [-0.4, -0.2) is 77.4 Å². The lowest BCUT2D eigenvalue weighted by atomic mass is 9.80. The van der Waals surface area contributed by atoms with E-state index in [9.17, 15) is 14.4 Å².